The molecule has 0 aliphatic carbocycles. The van der Waals surface area contributed by atoms with E-state index in [0.29, 0.717) is 0 Å². The third-order valence-corrected chi connectivity index (χ3v) is 4.28. The first-order valence-electron chi connectivity index (χ1n) is 4.35. The van der Waals surface area contributed by atoms with Gasteiger partial charge in [-0.05, 0) is 12.1 Å². The minimum absolute atomic E-state index is 0.0112. The van der Waals surface area contributed by atoms with Crippen molar-refractivity contribution in [3.63, 3.8) is 0 Å². The summed E-state index contributed by atoms with van der Waals surface area (Å²) < 4.78 is 46.7. The van der Waals surface area contributed by atoms with E-state index in [4.69, 9.17) is 11.6 Å². The summed E-state index contributed by atoms with van der Waals surface area (Å²) in [5.41, 5.74) is 0. The molecule has 0 aliphatic rings. The van der Waals surface area contributed by atoms with E-state index >= 15 is 0 Å². The fourth-order valence-corrected chi connectivity index (χ4v) is 3.56. The maximum absolute atomic E-state index is 11.5. The van der Waals surface area contributed by atoms with Gasteiger partial charge in [0, 0.05) is 6.26 Å². The van der Waals surface area contributed by atoms with Crippen molar-refractivity contribution in [3.8, 4) is 0 Å². The van der Waals surface area contributed by atoms with Gasteiger partial charge >= 0.3 is 0 Å². The smallest absolute Gasteiger partial charge is 0.234 e. The molecule has 0 saturated heterocycles. The van der Waals surface area contributed by atoms with Gasteiger partial charge in [0.2, 0.25) is 10.0 Å². The van der Waals surface area contributed by atoms with E-state index in [-0.39, 0.29) is 11.0 Å². The highest BCUT2D eigenvalue weighted by Crippen LogP contribution is 2.08. The second-order valence-corrected chi connectivity index (χ2v) is 7.78. The van der Waals surface area contributed by atoms with Crippen LogP contribution in [0.1, 0.15) is 0 Å². The normalized spacial score (nSPS) is 12.4. The van der Waals surface area contributed by atoms with Crippen LogP contribution >= 0.6 is 11.6 Å². The number of anilines is 1. The zero-order valence-electron chi connectivity index (χ0n) is 8.79. The third-order valence-electron chi connectivity index (χ3n) is 1.61. The van der Waals surface area contributed by atoms with Gasteiger partial charge in [-0.25, -0.2) is 16.8 Å². The molecule has 1 rings (SSSR count). The van der Waals surface area contributed by atoms with Gasteiger partial charge < -0.3 is 0 Å². The van der Waals surface area contributed by atoms with Crippen molar-refractivity contribution in [2.24, 2.45) is 0 Å². The molecular weight excluding hydrogens is 290 g/mol. The van der Waals surface area contributed by atoms with E-state index in [1.54, 1.807) is 0 Å². The molecule has 0 spiro atoms. The number of aromatic nitrogens is 2. The van der Waals surface area contributed by atoms with E-state index in [1.807, 2.05) is 0 Å². The Morgan fingerprint density at radius 3 is 2.29 bits per heavy atom. The highest BCUT2D eigenvalue weighted by Gasteiger charge is 2.15. The summed E-state index contributed by atoms with van der Waals surface area (Å²) in [5.74, 6) is -0.998. The predicted molar refractivity (Wildman–Crippen MR) is 64.2 cm³/mol. The average molecular weight is 300 g/mol. The highest BCUT2D eigenvalue weighted by molar-refractivity contribution is 7.95. The van der Waals surface area contributed by atoms with Gasteiger partial charge in [-0.3, -0.25) is 4.72 Å². The summed E-state index contributed by atoms with van der Waals surface area (Å²) in [5, 5.41) is 7.06. The maximum Gasteiger partial charge on any atom is 0.234 e. The number of nitrogens with zero attached hydrogens (tertiary/aromatic N) is 2. The molecule has 0 aliphatic heterocycles. The van der Waals surface area contributed by atoms with Crippen molar-refractivity contribution in [2.75, 3.05) is 22.5 Å². The second kappa shape index (κ2) is 5.15. The molecule has 1 N–H and O–H groups in total. The number of sulfone groups is 1. The molecular formula is C7H10ClN3O4S2. The molecule has 0 aromatic carbocycles. The average Bonchev–Trinajstić information content (AvgIpc) is 2.18. The van der Waals surface area contributed by atoms with Crippen LogP contribution in [0.15, 0.2) is 12.1 Å². The van der Waals surface area contributed by atoms with Crippen LogP contribution in [0.4, 0.5) is 5.82 Å². The SMILES string of the molecule is CS(=O)(=O)CCS(=O)(=O)Nc1ccc(Cl)nn1. The number of halogens is 1. The molecule has 96 valence electrons. The quantitative estimate of drug-likeness (QED) is 0.815. The van der Waals surface area contributed by atoms with E-state index in [9.17, 15) is 16.8 Å². The summed E-state index contributed by atoms with van der Waals surface area (Å²) in [6, 6.07) is 2.69. The Labute approximate surface area is 104 Å². The molecule has 0 bridgehead atoms. The van der Waals surface area contributed by atoms with Gasteiger partial charge in [-0.15, -0.1) is 10.2 Å². The summed E-state index contributed by atoms with van der Waals surface area (Å²) >= 11 is 5.47. The minimum Gasteiger partial charge on any atom is -0.266 e. The lowest BCUT2D eigenvalue weighted by Crippen LogP contribution is -2.23. The number of sulfonamides is 1. The summed E-state index contributed by atoms with van der Waals surface area (Å²) in [7, 11) is -7.09. The van der Waals surface area contributed by atoms with Gasteiger partial charge in [0.1, 0.15) is 9.84 Å². The molecule has 0 radical (unpaired) electrons. The highest BCUT2D eigenvalue weighted by atomic mass is 35.5. The molecule has 0 unspecified atom stereocenters. The number of hydrogen-bond acceptors (Lipinski definition) is 6. The summed E-state index contributed by atoms with van der Waals surface area (Å²) in [4.78, 5) is 0. The van der Waals surface area contributed by atoms with Crippen LogP contribution in [-0.4, -0.2) is 44.8 Å². The monoisotopic (exact) mass is 299 g/mol. The van der Waals surface area contributed by atoms with Crippen molar-refractivity contribution >= 4 is 37.3 Å². The molecule has 7 nitrogen and oxygen atoms in total. The van der Waals surface area contributed by atoms with E-state index in [0.717, 1.165) is 6.26 Å². The third kappa shape index (κ3) is 5.80. The number of nitrogens with one attached hydrogen (secondary N) is 1. The van der Waals surface area contributed by atoms with Crippen molar-refractivity contribution in [1.29, 1.82) is 0 Å². The largest absolute Gasteiger partial charge is 0.266 e. The van der Waals surface area contributed by atoms with Crippen LogP contribution in [0.25, 0.3) is 0 Å². The van der Waals surface area contributed by atoms with Gasteiger partial charge in [-0.1, -0.05) is 11.6 Å². The van der Waals surface area contributed by atoms with Crippen molar-refractivity contribution in [3.05, 3.63) is 17.3 Å². The van der Waals surface area contributed by atoms with Gasteiger partial charge in [0.05, 0.1) is 11.5 Å². The Balaban J connectivity index is 2.70. The summed E-state index contributed by atoms with van der Waals surface area (Å²) in [6.45, 7) is 0. The lowest BCUT2D eigenvalue weighted by molar-refractivity contribution is 0.593. The predicted octanol–water partition coefficient (Wildman–Crippen LogP) is -0.0837. The van der Waals surface area contributed by atoms with Gasteiger partial charge in [0.25, 0.3) is 0 Å². The van der Waals surface area contributed by atoms with E-state index < -0.39 is 31.4 Å². The fraction of sp³-hybridized carbons (Fsp3) is 0.429. The molecule has 1 aromatic heterocycles. The van der Waals surface area contributed by atoms with Gasteiger partial charge in [0.15, 0.2) is 11.0 Å². The maximum atomic E-state index is 11.5. The zero-order valence-corrected chi connectivity index (χ0v) is 11.2. The van der Waals surface area contributed by atoms with Crippen molar-refractivity contribution in [2.45, 2.75) is 0 Å². The molecule has 0 atom stereocenters. The van der Waals surface area contributed by atoms with Crippen LogP contribution < -0.4 is 4.72 Å². The Kier molecular flexibility index (Phi) is 4.28. The van der Waals surface area contributed by atoms with Crippen molar-refractivity contribution in [1.82, 2.24) is 10.2 Å². The lowest BCUT2D eigenvalue weighted by Gasteiger charge is -2.05. The van der Waals surface area contributed by atoms with Crippen LogP contribution in [0, 0.1) is 0 Å². The first-order chi connectivity index (χ1) is 7.68. The zero-order chi connectivity index (χ0) is 13.1. The molecule has 0 fully saturated rings. The minimum atomic E-state index is -3.76. The van der Waals surface area contributed by atoms with Crippen LogP contribution in [0.5, 0.6) is 0 Å². The Morgan fingerprint density at radius 1 is 1.18 bits per heavy atom. The molecule has 10 heteroatoms. The molecule has 0 saturated carbocycles. The molecule has 0 amide bonds. The fourth-order valence-electron chi connectivity index (χ4n) is 0.842. The molecule has 1 aromatic rings. The van der Waals surface area contributed by atoms with E-state index in [2.05, 4.69) is 14.9 Å². The Bertz CT molecular complexity index is 582. The van der Waals surface area contributed by atoms with Crippen LogP contribution in [-0.2, 0) is 19.9 Å². The first kappa shape index (κ1) is 14.1. The first-order valence-corrected chi connectivity index (χ1v) is 8.44. The number of hydrogen-bond donors (Lipinski definition) is 1. The standard InChI is InChI=1S/C7H10ClN3O4S2/c1-16(12,13)4-5-17(14,15)11-7-3-2-6(8)9-10-7/h2-3H,4-5H2,1H3,(H,10,11). The lowest BCUT2D eigenvalue weighted by atomic mass is 10.5. The van der Waals surface area contributed by atoms with Crippen LogP contribution in [0.3, 0.4) is 0 Å². The van der Waals surface area contributed by atoms with Crippen molar-refractivity contribution < 1.29 is 16.8 Å². The number of rotatable bonds is 5. The topological polar surface area (TPSA) is 106 Å². The molecule has 1 heterocycles. The van der Waals surface area contributed by atoms with E-state index in [1.165, 1.54) is 12.1 Å². The second-order valence-electron chi connectivity index (χ2n) is 3.29. The Hall–Kier alpha value is -0.930. The van der Waals surface area contributed by atoms with Gasteiger partial charge in [-0.2, -0.15) is 0 Å². The Morgan fingerprint density at radius 2 is 1.82 bits per heavy atom. The summed E-state index contributed by atoms with van der Waals surface area (Å²) in [6.07, 6.45) is 0.963. The van der Waals surface area contributed by atoms with Crippen LogP contribution in [0.2, 0.25) is 5.15 Å². The molecule has 17 heavy (non-hydrogen) atoms.